The van der Waals surface area contributed by atoms with Gasteiger partial charge >= 0.3 is 5.97 Å². The van der Waals surface area contributed by atoms with E-state index >= 15 is 0 Å². The van der Waals surface area contributed by atoms with Crippen LogP contribution in [0.15, 0.2) is 18.2 Å². The highest BCUT2D eigenvalue weighted by molar-refractivity contribution is 5.95. The van der Waals surface area contributed by atoms with Crippen molar-refractivity contribution in [3.63, 3.8) is 0 Å². The number of hydrogen-bond acceptors (Lipinski definition) is 2. The summed E-state index contributed by atoms with van der Waals surface area (Å²) in [6.07, 6.45) is 1.92. The van der Waals surface area contributed by atoms with Gasteiger partial charge in [0.05, 0.1) is 0 Å². The molecule has 0 saturated carbocycles. The highest BCUT2D eigenvalue weighted by atomic mass is 16.4. The van der Waals surface area contributed by atoms with Gasteiger partial charge in [-0.25, -0.2) is 0 Å². The first kappa shape index (κ1) is 14.6. The number of carboxylic acids is 1. The number of hydrogen-bond donors (Lipinski definition) is 1. The molecule has 108 valence electrons. The SMILES string of the molecule is Cc1ccc(C(=O)N2CCCC(CC(=O)O)C2)c(C)c1. The molecule has 0 aromatic heterocycles. The fraction of sp³-hybridized carbons (Fsp3) is 0.500. The average Bonchev–Trinajstić information content (AvgIpc) is 2.37. The summed E-state index contributed by atoms with van der Waals surface area (Å²) in [5, 5.41) is 8.88. The minimum absolute atomic E-state index is 0.0255. The number of amides is 1. The van der Waals surface area contributed by atoms with Gasteiger partial charge in [-0.1, -0.05) is 17.7 Å². The van der Waals surface area contributed by atoms with Gasteiger partial charge < -0.3 is 10.0 Å². The molecule has 1 saturated heterocycles. The second-order valence-corrected chi connectivity index (χ2v) is 5.68. The molecule has 1 unspecified atom stereocenters. The molecule has 1 aliphatic heterocycles. The van der Waals surface area contributed by atoms with Crippen molar-refractivity contribution in [2.75, 3.05) is 13.1 Å². The first-order valence-electron chi connectivity index (χ1n) is 7.05. The van der Waals surface area contributed by atoms with Crippen molar-refractivity contribution >= 4 is 11.9 Å². The van der Waals surface area contributed by atoms with Crippen LogP contribution >= 0.6 is 0 Å². The van der Waals surface area contributed by atoms with Crippen LogP contribution in [0.1, 0.15) is 40.7 Å². The molecule has 2 rings (SSSR count). The molecule has 1 N–H and O–H groups in total. The van der Waals surface area contributed by atoms with Crippen LogP contribution in [-0.2, 0) is 4.79 Å². The van der Waals surface area contributed by atoms with Crippen LogP contribution in [0.2, 0.25) is 0 Å². The summed E-state index contributed by atoms with van der Waals surface area (Å²) in [7, 11) is 0. The van der Waals surface area contributed by atoms with E-state index in [0.717, 1.165) is 36.1 Å². The van der Waals surface area contributed by atoms with Crippen molar-refractivity contribution in [2.24, 2.45) is 5.92 Å². The van der Waals surface area contributed by atoms with E-state index in [-0.39, 0.29) is 18.2 Å². The standard InChI is InChI=1S/C16H21NO3/c1-11-5-6-14(12(2)8-11)16(20)17-7-3-4-13(10-17)9-15(18)19/h5-6,8,13H,3-4,7,9-10H2,1-2H3,(H,18,19). The summed E-state index contributed by atoms with van der Waals surface area (Å²) in [5.74, 6) is -0.677. The summed E-state index contributed by atoms with van der Waals surface area (Å²) >= 11 is 0. The van der Waals surface area contributed by atoms with Gasteiger partial charge in [-0.3, -0.25) is 9.59 Å². The van der Waals surface area contributed by atoms with Crippen LogP contribution < -0.4 is 0 Å². The third-order valence-corrected chi connectivity index (χ3v) is 3.88. The predicted octanol–water partition coefficient (Wildman–Crippen LogP) is 2.63. The third-order valence-electron chi connectivity index (χ3n) is 3.88. The Balaban J connectivity index is 2.10. The number of rotatable bonds is 3. The highest BCUT2D eigenvalue weighted by Crippen LogP contribution is 2.22. The zero-order valence-electron chi connectivity index (χ0n) is 12.1. The van der Waals surface area contributed by atoms with Crippen molar-refractivity contribution in [1.82, 2.24) is 4.90 Å². The van der Waals surface area contributed by atoms with E-state index in [1.807, 2.05) is 32.0 Å². The Kier molecular flexibility index (Phi) is 4.42. The first-order valence-corrected chi connectivity index (χ1v) is 7.05. The quantitative estimate of drug-likeness (QED) is 0.922. The molecule has 1 aromatic rings. The Bertz CT molecular complexity index is 524. The van der Waals surface area contributed by atoms with Crippen molar-refractivity contribution < 1.29 is 14.7 Å². The number of likely N-dealkylation sites (tertiary alicyclic amines) is 1. The van der Waals surface area contributed by atoms with Gasteiger partial charge in [-0.2, -0.15) is 0 Å². The second kappa shape index (κ2) is 6.07. The maximum atomic E-state index is 12.5. The van der Waals surface area contributed by atoms with E-state index in [4.69, 9.17) is 5.11 Å². The number of aliphatic carboxylic acids is 1. The van der Waals surface area contributed by atoms with Crippen LogP contribution in [0.3, 0.4) is 0 Å². The van der Waals surface area contributed by atoms with E-state index in [2.05, 4.69) is 0 Å². The minimum Gasteiger partial charge on any atom is -0.481 e. The van der Waals surface area contributed by atoms with Crippen LogP contribution in [0.25, 0.3) is 0 Å². The Labute approximate surface area is 119 Å². The number of carbonyl (C=O) groups excluding carboxylic acids is 1. The topological polar surface area (TPSA) is 57.6 Å². The molecule has 0 bridgehead atoms. The van der Waals surface area contributed by atoms with E-state index in [1.54, 1.807) is 4.90 Å². The van der Waals surface area contributed by atoms with Crippen LogP contribution in [0.5, 0.6) is 0 Å². The molecule has 4 heteroatoms. The van der Waals surface area contributed by atoms with Crippen LogP contribution in [-0.4, -0.2) is 35.0 Å². The van der Waals surface area contributed by atoms with Gasteiger partial charge in [0.2, 0.25) is 0 Å². The molecule has 1 heterocycles. The minimum atomic E-state index is -0.782. The lowest BCUT2D eigenvalue weighted by Gasteiger charge is -2.32. The number of piperidine rings is 1. The molecule has 0 aliphatic carbocycles. The highest BCUT2D eigenvalue weighted by Gasteiger charge is 2.26. The third kappa shape index (κ3) is 3.38. The first-order chi connectivity index (χ1) is 9.47. The van der Waals surface area contributed by atoms with Crippen molar-refractivity contribution in [3.8, 4) is 0 Å². The summed E-state index contributed by atoms with van der Waals surface area (Å²) in [4.78, 5) is 25.1. The van der Waals surface area contributed by atoms with Crippen molar-refractivity contribution in [3.05, 3.63) is 34.9 Å². The van der Waals surface area contributed by atoms with Crippen molar-refractivity contribution in [1.29, 1.82) is 0 Å². The Morgan fingerprint density at radius 1 is 1.35 bits per heavy atom. The molecule has 1 atom stereocenters. The Hall–Kier alpha value is -1.84. The maximum Gasteiger partial charge on any atom is 0.303 e. The lowest BCUT2D eigenvalue weighted by atomic mass is 9.94. The zero-order valence-corrected chi connectivity index (χ0v) is 12.1. The molecule has 20 heavy (non-hydrogen) atoms. The normalized spacial score (nSPS) is 18.9. The van der Waals surface area contributed by atoms with E-state index in [1.165, 1.54) is 0 Å². The molecular weight excluding hydrogens is 254 g/mol. The molecule has 0 radical (unpaired) electrons. The number of nitrogens with zero attached hydrogens (tertiary/aromatic N) is 1. The van der Waals surface area contributed by atoms with E-state index in [0.29, 0.717) is 6.54 Å². The van der Waals surface area contributed by atoms with Gasteiger partial charge in [-0.05, 0) is 44.2 Å². The summed E-state index contributed by atoms with van der Waals surface area (Å²) in [5.41, 5.74) is 2.85. The molecule has 1 fully saturated rings. The number of carboxylic acid groups (broad SMARTS) is 1. The van der Waals surface area contributed by atoms with Crippen LogP contribution in [0.4, 0.5) is 0 Å². The second-order valence-electron chi connectivity index (χ2n) is 5.68. The molecule has 1 amide bonds. The predicted molar refractivity (Wildman–Crippen MR) is 76.8 cm³/mol. The summed E-state index contributed by atoms with van der Waals surface area (Å²) < 4.78 is 0. The largest absolute Gasteiger partial charge is 0.481 e. The molecule has 0 spiro atoms. The van der Waals surface area contributed by atoms with Gasteiger partial charge in [0.25, 0.3) is 5.91 Å². The number of benzene rings is 1. The molecule has 1 aliphatic rings. The smallest absolute Gasteiger partial charge is 0.303 e. The van der Waals surface area contributed by atoms with Crippen molar-refractivity contribution in [2.45, 2.75) is 33.1 Å². The fourth-order valence-corrected chi connectivity index (χ4v) is 2.89. The summed E-state index contributed by atoms with van der Waals surface area (Å²) in [6.45, 7) is 5.23. The Morgan fingerprint density at radius 3 is 2.75 bits per heavy atom. The summed E-state index contributed by atoms with van der Waals surface area (Å²) in [6, 6.07) is 5.82. The zero-order chi connectivity index (χ0) is 14.7. The molecule has 4 nitrogen and oxygen atoms in total. The lowest BCUT2D eigenvalue weighted by molar-refractivity contribution is -0.138. The lowest BCUT2D eigenvalue weighted by Crippen LogP contribution is -2.40. The van der Waals surface area contributed by atoms with E-state index < -0.39 is 5.97 Å². The van der Waals surface area contributed by atoms with Gasteiger partial charge in [0, 0.05) is 25.1 Å². The monoisotopic (exact) mass is 275 g/mol. The molecule has 1 aromatic carbocycles. The Morgan fingerprint density at radius 2 is 2.10 bits per heavy atom. The van der Waals surface area contributed by atoms with Gasteiger partial charge in [-0.15, -0.1) is 0 Å². The number of carbonyl (C=O) groups is 2. The fourth-order valence-electron chi connectivity index (χ4n) is 2.89. The van der Waals surface area contributed by atoms with Gasteiger partial charge in [0.1, 0.15) is 0 Å². The van der Waals surface area contributed by atoms with Gasteiger partial charge in [0.15, 0.2) is 0 Å². The maximum absolute atomic E-state index is 12.5. The number of aryl methyl sites for hydroxylation is 2. The van der Waals surface area contributed by atoms with E-state index in [9.17, 15) is 9.59 Å². The van der Waals surface area contributed by atoms with Crippen LogP contribution in [0, 0.1) is 19.8 Å². The molecular formula is C16H21NO3. The average molecular weight is 275 g/mol.